The number of hydrogen-bond donors (Lipinski definition) is 1. The molecule has 2 atom stereocenters. The number of nitrogens with zero attached hydrogens (tertiary/aromatic N) is 3. The molecule has 8 nitrogen and oxygen atoms in total. The first kappa shape index (κ1) is 17.6. The molecule has 3 fully saturated rings. The van der Waals surface area contributed by atoms with E-state index in [0.29, 0.717) is 52.5 Å². The highest BCUT2D eigenvalue weighted by Gasteiger charge is 2.33. The van der Waals surface area contributed by atoms with Crippen molar-refractivity contribution < 1.29 is 19.1 Å². The minimum atomic E-state index is -0.250. The van der Waals surface area contributed by atoms with Crippen LogP contribution in [0, 0.1) is 0 Å². The van der Waals surface area contributed by atoms with Crippen LogP contribution in [0.4, 0.5) is 0 Å². The van der Waals surface area contributed by atoms with Gasteiger partial charge in [-0.3, -0.25) is 14.5 Å². The molecule has 2 amide bonds. The number of ether oxygens (including phenoxy) is 2. The summed E-state index contributed by atoms with van der Waals surface area (Å²) in [7, 11) is 0. The molecule has 3 aliphatic rings. The van der Waals surface area contributed by atoms with E-state index in [2.05, 4.69) is 10.2 Å². The van der Waals surface area contributed by atoms with E-state index in [-0.39, 0.29) is 24.0 Å². The van der Waals surface area contributed by atoms with Crippen molar-refractivity contribution in [2.45, 2.75) is 19.1 Å². The molecule has 0 radical (unpaired) electrons. The molecule has 3 heterocycles. The maximum atomic E-state index is 12.6. The SMILES string of the molecule is C[C@H]1OCCN[C@@H]1C(=O)N1CCN(CC(=O)N2CCOCC2)CC1. The van der Waals surface area contributed by atoms with Gasteiger partial charge in [0.2, 0.25) is 11.8 Å². The average Bonchev–Trinajstić information content (AvgIpc) is 2.63. The number of amides is 2. The Labute approximate surface area is 143 Å². The van der Waals surface area contributed by atoms with Gasteiger partial charge in [-0.25, -0.2) is 0 Å². The van der Waals surface area contributed by atoms with Crippen molar-refractivity contribution in [2.24, 2.45) is 0 Å². The molecular weight excluding hydrogens is 312 g/mol. The molecular formula is C16H28N4O4. The number of morpholine rings is 2. The molecule has 0 aromatic rings. The lowest BCUT2D eigenvalue weighted by molar-refractivity contribution is -0.142. The second kappa shape index (κ2) is 8.24. The normalized spacial score (nSPS) is 29.5. The van der Waals surface area contributed by atoms with Crippen LogP contribution in [0.15, 0.2) is 0 Å². The largest absolute Gasteiger partial charge is 0.378 e. The van der Waals surface area contributed by atoms with Crippen LogP contribution in [0.2, 0.25) is 0 Å². The predicted octanol–water partition coefficient (Wildman–Crippen LogP) is -1.63. The first-order valence-electron chi connectivity index (χ1n) is 8.87. The molecule has 3 saturated heterocycles. The van der Waals surface area contributed by atoms with Crippen molar-refractivity contribution in [1.82, 2.24) is 20.0 Å². The molecule has 0 aromatic carbocycles. The number of piperazine rings is 1. The predicted molar refractivity (Wildman–Crippen MR) is 87.6 cm³/mol. The van der Waals surface area contributed by atoms with E-state index < -0.39 is 0 Å². The van der Waals surface area contributed by atoms with Crippen LogP contribution in [-0.4, -0.2) is 111 Å². The lowest BCUT2D eigenvalue weighted by Gasteiger charge is -2.39. The Morgan fingerprint density at radius 3 is 2.38 bits per heavy atom. The number of hydrogen-bond acceptors (Lipinski definition) is 6. The first-order valence-corrected chi connectivity index (χ1v) is 8.87. The summed E-state index contributed by atoms with van der Waals surface area (Å²) in [6.45, 7) is 9.18. The third-order valence-electron chi connectivity index (χ3n) is 4.99. The summed E-state index contributed by atoms with van der Waals surface area (Å²) in [6.07, 6.45) is -0.0906. The molecule has 0 spiro atoms. The molecule has 0 aliphatic carbocycles. The second-order valence-corrected chi connectivity index (χ2v) is 6.60. The number of carbonyl (C=O) groups excluding carboxylic acids is 2. The van der Waals surface area contributed by atoms with Crippen molar-refractivity contribution in [1.29, 1.82) is 0 Å². The molecule has 0 aromatic heterocycles. The van der Waals surface area contributed by atoms with Gasteiger partial charge in [0, 0.05) is 45.8 Å². The molecule has 136 valence electrons. The summed E-state index contributed by atoms with van der Waals surface area (Å²) in [5, 5.41) is 3.25. The van der Waals surface area contributed by atoms with E-state index in [4.69, 9.17) is 9.47 Å². The molecule has 1 N–H and O–H groups in total. The lowest BCUT2D eigenvalue weighted by atomic mass is 10.1. The maximum absolute atomic E-state index is 12.6. The average molecular weight is 340 g/mol. The number of nitrogens with one attached hydrogen (secondary N) is 1. The maximum Gasteiger partial charge on any atom is 0.242 e. The highest BCUT2D eigenvalue weighted by atomic mass is 16.5. The summed E-state index contributed by atoms with van der Waals surface area (Å²) >= 11 is 0. The second-order valence-electron chi connectivity index (χ2n) is 6.60. The van der Waals surface area contributed by atoms with E-state index in [1.165, 1.54) is 0 Å². The van der Waals surface area contributed by atoms with Crippen molar-refractivity contribution in [2.75, 3.05) is 72.2 Å². The van der Waals surface area contributed by atoms with Crippen molar-refractivity contribution >= 4 is 11.8 Å². The fourth-order valence-corrected chi connectivity index (χ4v) is 3.44. The number of carbonyl (C=O) groups is 2. The Bertz CT molecular complexity index is 447. The Morgan fingerprint density at radius 1 is 1.00 bits per heavy atom. The smallest absolute Gasteiger partial charge is 0.242 e. The van der Waals surface area contributed by atoms with E-state index in [1.54, 1.807) is 0 Å². The van der Waals surface area contributed by atoms with Crippen molar-refractivity contribution in [3.8, 4) is 0 Å². The van der Waals surface area contributed by atoms with Gasteiger partial charge in [-0.15, -0.1) is 0 Å². The van der Waals surface area contributed by atoms with Gasteiger partial charge in [-0.2, -0.15) is 0 Å². The molecule has 24 heavy (non-hydrogen) atoms. The van der Waals surface area contributed by atoms with Crippen molar-refractivity contribution in [3.05, 3.63) is 0 Å². The van der Waals surface area contributed by atoms with Gasteiger partial charge < -0.3 is 24.6 Å². The Hall–Kier alpha value is -1.22. The summed E-state index contributed by atoms with van der Waals surface area (Å²) in [5.74, 6) is 0.274. The molecule has 8 heteroatoms. The van der Waals surface area contributed by atoms with Crippen LogP contribution in [0.1, 0.15) is 6.92 Å². The Morgan fingerprint density at radius 2 is 1.71 bits per heavy atom. The minimum absolute atomic E-state index is 0.0906. The fourth-order valence-electron chi connectivity index (χ4n) is 3.44. The van der Waals surface area contributed by atoms with Crippen LogP contribution >= 0.6 is 0 Å². The fraction of sp³-hybridized carbons (Fsp3) is 0.875. The van der Waals surface area contributed by atoms with Crippen LogP contribution in [-0.2, 0) is 19.1 Å². The summed E-state index contributed by atoms with van der Waals surface area (Å²) < 4.78 is 10.8. The minimum Gasteiger partial charge on any atom is -0.378 e. The van der Waals surface area contributed by atoms with E-state index in [9.17, 15) is 9.59 Å². The summed E-state index contributed by atoms with van der Waals surface area (Å²) in [4.78, 5) is 30.8. The number of rotatable bonds is 3. The monoisotopic (exact) mass is 340 g/mol. The lowest BCUT2D eigenvalue weighted by Crippen LogP contribution is -2.60. The molecule has 3 aliphatic heterocycles. The van der Waals surface area contributed by atoms with Crippen LogP contribution in [0.5, 0.6) is 0 Å². The van der Waals surface area contributed by atoms with Gasteiger partial charge in [0.25, 0.3) is 0 Å². The first-order chi connectivity index (χ1) is 11.6. The van der Waals surface area contributed by atoms with E-state index >= 15 is 0 Å². The zero-order chi connectivity index (χ0) is 16.9. The topological polar surface area (TPSA) is 74.4 Å². The van der Waals surface area contributed by atoms with Gasteiger partial charge in [0.15, 0.2) is 0 Å². The highest BCUT2D eigenvalue weighted by Crippen LogP contribution is 2.11. The van der Waals surface area contributed by atoms with Crippen LogP contribution in [0.25, 0.3) is 0 Å². The van der Waals surface area contributed by atoms with Gasteiger partial charge in [-0.05, 0) is 6.92 Å². The highest BCUT2D eigenvalue weighted by molar-refractivity contribution is 5.83. The Kier molecular flexibility index (Phi) is 6.04. The third kappa shape index (κ3) is 4.24. The molecule has 0 unspecified atom stereocenters. The van der Waals surface area contributed by atoms with E-state index in [0.717, 1.165) is 19.6 Å². The van der Waals surface area contributed by atoms with Gasteiger partial charge in [0.05, 0.1) is 32.5 Å². The summed E-state index contributed by atoms with van der Waals surface area (Å²) in [5.41, 5.74) is 0. The van der Waals surface area contributed by atoms with Crippen molar-refractivity contribution in [3.63, 3.8) is 0 Å². The summed E-state index contributed by atoms with van der Waals surface area (Å²) in [6, 6.07) is -0.250. The quantitative estimate of drug-likeness (QED) is 0.665. The molecule has 0 bridgehead atoms. The van der Waals surface area contributed by atoms with Gasteiger partial charge in [0.1, 0.15) is 6.04 Å². The zero-order valence-electron chi connectivity index (χ0n) is 14.4. The van der Waals surface area contributed by atoms with E-state index in [1.807, 2.05) is 16.7 Å². The Balaban J connectivity index is 1.43. The van der Waals surface area contributed by atoms with Crippen LogP contribution in [0.3, 0.4) is 0 Å². The van der Waals surface area contributed by atoms with Gasteiger partial charge >= 0.3 is 0 Å². The van der Waals surface area contributed by atoms with Gasteiger partial charge in [-0.1, -0.05) is 0 Å². The third-order valence-corrected chi connectivity index (χ3v) is 4.99. The zero-order valence-corrected chi connectivity index (χ0v) is 14.4. The molecule has 0 saturated carbocycles. The standard InChI is InChI=1S/C16H28N4O4/c1-13-15(17-2-9-24-13)16(22)20-5-3-18(4-6-20)12-14(21)19-7-10-23-11-8-19/h13,15,17H,2-12H2,1H3/t13-,15+/m1/s1. The van der Waals surface area contributed by atoms with Crippen LogP contribution < -0.4 is 5.32 Å². The molecule has 3 rings (SSSR count).